The average molecular weight is 209 g/mol. The Morgan fingerprint density at radius 3 is 2.73 bits per heavy atom. The third-order valence-corrected chi connectivity index (χ3v) is 3.43. The third kappa shape index (κ3) is 2.25. The second-order valence-corrected chi connectivity index (χ2v) is 4.39. The third-order valence-electron chi connectivity index (χ3n) is 3.43. The monoisotopic (exact) mass is 209 g/mol. The molecule has 0 bridgehead atoms. The maximum absolute atomic E-state index is 12.8. The molecule has 3 unspecified atom stereocenters. The largest absolute Gasteiger partial charge is 0.367 e. The van der Waals surface area contributed by atoms with Crippen LogP contribution in [0.3, 0.4) is 0 Å². The molecule has 15 heavy (non-hydrogen) atoms. The molecular weight excluding hydrogens is 193 g/mol. The molecule has 0 aliphatic heterocycles. The minimum absolute atomic E-state index is 0.411. The number of aromatic nitrogens is 2. The van der Waals surface area contributed by atoms with Crippen LogP contribution in [0.4, 0.5) is 10.2 Å². The van der Waals surface area contributed by atoms with E-state index in [2.05, 4.69) is 29.1 Å². The lowest BCUT2D eigenvalue weighted by Crippen LogP contribution is -2.24. The predicted octanol–water partition coefficient (Wildman–Crippen LogP) is 2.46. The molecule has 0 amide bonds. The molecule has 1 heterocycles. The first kappa shape index (κ1) is 10.3. The second kappa shape index (κ2) is 4.13. The van der Waals surface area contributed by atoms with Crippen LogP contribution in [0, 0.1) is 17.8 Å². The van der Waals surface area contributed by atoms with Gasteiger partial charge in [-0.05, 0) is 24.7 Å². The Morgan fingerprint density at radius 1 is 1.33 bits per heavy atom. The summed E-state index contributed by atoms with van der Waals surface area (Å²) in [6.45, 7) is 4.49. The maximum atomic E-state index is 12.8. The number of nitrogens with zero attached hydrogens (tertiary/aromatic N) is 2. The van der Waals surface area contributed by atoms with Crippen molar-refractivity contribution < 1.29 is 4.39 Å². The number of anilines is 1. The van der Waals surface area contributed by atoms with Crippen LogP contribution in [0.1, 0.15) is 26.7 Å². The Bertz CT molecular complexity index is 342. The first-order valence-electron chi connectivity index (χ1n) is 5.41. The molecule has 1 aromatic heterocycles. The van der Waals surface area contributed by atoms with E-state index in [0.717, 1.165) is 12.3 Å². The molecule has 0 spiro atoms. The topological polar surface area (TPSA) is 37.8 Å². The first-order valence-corrected chi connectivity index (χ1v) is 5.41. The highest BCUT2D eigenvalue weighted by atomic mass is 19.1. The van der Waals surface area contributed by atoms with Crippen LogP contribution in [0.25, 0.3) is 0 Å². The molecule has 1 aromatic rings. The molecule has 1 N–H and O–H groups in total. The summed E-state index contributed by atoms with van der Waals surface area (Å²) in [4.78, 5) is 7.43. The smallest absolute Gasteiger partial charge is 0.217 e. The first-order chi connectivity index (χ1) is 7.16. The second-order valence-electron chi connectivity index (χ2n) is 4.39. The number of nitrogens with one attached hydrogen (secondary N) is 1. The fraction of sp³-hybridized carbons (Fsp3) is 0.636. The standard InChI is InChI=1S/C11H16FN3/c1-7-3-4-9(8(7)2)15-11-5-10(12)13-6-14-11/h5-9H,3-4H2,1-2H3,(H,13,14,15). The van der Waals surface area contributed by atoms with E-state index in [1.165, 1.54) is 18.8 Å². The van der Waals surface area contributed by atoms with Gasteiger partial charge in [0.05, 0.1) is 0 Å². The van der Waals surface area contributed by atoms with Crippen molar-refractivity contribution in [3.05, 3.63) is 18.3 Å². The van der Waals surface area contributed by atoms with Crippen LogP contribution in [0.15, 0.2) is 12.4 Å². The fourth-order valence-electron chi connectivity index (χ4n) is 2.17. The number of hydrogen-bond acceptors (Lipinski definition) is 3. The van der Waals surface area contributed by atoms with Crippen molar-refractivity contribution in [2.45, 2.75) is 32.7 Å². The molecule has 2 rings (SSSR count). The Balaban J connectivity index is 2.03. The highest BCUT2D eigenvalue weighted by molar-refractivity contribution is 5.34. The van der Waals surface area contributed by atoms with E-state index in [1.807, 2.05) is 0 Å². The van der Waals surface area contributed by atoms with Crippen LogP contribution in [0.5, 0.6) is 0 Å². The van der Waals surface area contributed by atoms with Crippen molar-refractivity contribution in [2.75, 3.05) is 5.32 Å². The van der Waals surface area contributed by atoms with Gasteiger partial charge in [0.15, 0.2) is 0 Å². The highest BCUT2D eigenvalue weighted by Crippen LogP contribution is 2.32. The van der Waals surface area contributed by atoms with Gasteiger partial charge in [-0.3, -0.25) is 0 Å². The zero-order valence-corrected chi connectivity index (χ0v) is 9.07. The molecule has 1 saturated carbocycles. The van der Waals surface area contributed by atoms with Crippen molar-refractivity contribution >= 4 is 5.82 Å². The lowest BCUT2D eigenvalue weighted by Gasteiger charge is -2.19. The van der Waals surface area contributed by atoms with Gasteiger partial charge in [-0.25, -0.2) is 9.97 Å². The molecule has 3 atom stereocenters. The number of halogens is 1. The summed E-state index contributed by atoms with van der Waals surface area (Å²) in [5, 5.41) is 3.27. The molecule has 82 valence electrons. The van der Waals surface area contributed by atoms with Crippen molar-refractivity contribution in [2.24, 2.45) is 11.8 Å². The summed E-state index contributed by atoms with van der Waals surface area (Å²) in [6, 6.07) is 1.75. The summed E-state index contributed by atoms with van der Waals surface area (Å²) in [5.41, 5.74) is 0. The van der Waals surface area contributed by atoms with E-state index in [9.17, 15) is 4.39 Å². The van der Waals surface area contributed by atoms with Crippen LogP contribution >= 0.6 is 0 Å². The Hall–Kier alpha value is -1.19. The van der Waals surface area contributed by atoms with Gasteiger partial charge in [0.1, 0.15) is 12.1 Å². The minimum Gasteiger partial charge on any atom is -0.367 e. The lowest BCUT2D eigenvalue weighted by molar-refractivity contribution is 0.435. The van der Waals surface area contributed by atoms with E-state index < -0.39 is 5.95 Å². The molecule has 0 radical (unpaired) electrons. The van der Waals surface area contributed by atoms with E-state index in [-0.39, 0.29) is 0 Å². The summed E-state index contributed by atoms with van der Waals surface area (Å²) < 4.78 is 12.8. The quantitative estimate of drug-likeness (QED) is 0.760. The van der Waals surface area contributed by atoms with Gasteiger partial charge in [0.2, 0.25) is 5.95 Å². The lowest BCUT2D eigenvalue weighted by atomic mass is 9.98. The molecule has 1 fully saturated rings. The molecule has 1 aliphatic rings. The van der Waals surface area contributed by atoms with Gasteiger partial charge in [-0.2, -0.15) is 4.39 Å². The van der Waals surface area contributed by atoms with E-state index in [0.29, 0.717) is 17.8 Å². The Morgan fingerprint density at radius 2 is 2.13 bits per heavy atom. The van der Waals surface area contributed by atoms with Crippen LogP contribution < -0.4 is 5.32 Å². The Labute approximate surface area is 89.1 Å². The van der Waals surface area contributed by atoms with Gasteiger partial charge in [-0.1, -0.05) is 13.8 Å². The summed E-state index contributed by atoms with van der Waals surface area (Å²) in [7, 11) is 0. The van der Waals surface area contributed by atoms with Crippen molar-refractivity contribution in [3.8, 4) is 0 Å². The van der Waals surface area contributed by atoms with E-state index in [1.54, 1.807) is 0 Å². The number of rotatable bonds is 2. The number of hydrogen-bond donors (Lipinski definition) is 1. The zero-order chi connectivity index (χ0) is 10.8. The van der Waals surface area contributed by atoms with Crippen molar-refractivity contribution in [1.29, 1.82) is 0 Å². The zero-order valence-electron chi connectivity index (χ0n) is 9.07. The predicted molar refractivity (Wildman–Crippen MR) is 57.0 cm³/mol. The van der Waals surface area contributed by atoms with Crippen molar-refractivity contribution in [1.82, 2.24) is 9.97 Å². The maximum Gasteiger partial charge on any atom is 0.217 e. The molecular formula is C11H16FN3. The van der Waals surface area contributed by atoms with Crippen LogP contribution in [0.2, 0.25) is 0 Å². The molecule has 0 aromatic carbocycles. The van der Waals surface area contributed by atoms with Crippen LogP contribution in [-0.4, -0.2) is 16.0 Å². The van der Waals surface area contributed by atoms with E-state index in [4.69, 9.17) is 0 Å². The van der Waals surface area contributed by atoms with E-state index >= 15 is 0 Å². The molecule has 0 saturated heterocycles. The van der Waals surface area contributed by atoms with Crippen molar-refractivity contribution in [3.63, 3.8) is 0 Å². The summed E-state index contributed by atoms with van der Waals surface area (Å²) in [5.74, 6) is 1.46. The summed E-state index contributed by atoms with van der Waals surface area (Å²) >= 11 is 0. The van der Waals surface area contributed by atoms with Gasteiger partial charge in [0, 0.05) is 12.1 Å². The average Bonchev–Trinajstić information content (AvgIpc) is 2.50. The van der Waals surface area contributed by atoms with Gasteiger partial charge < -0.3 is 5.32 Å². The minimum atomic E-state index is -0.480. The summed E-state index contributed by atoms with van der Waals surface area (Å²) in [6.07, 6.45) is 3.61. The molecule has 3 nitrogen and oxygen atoms in total. The normalized spacial score (nSPS) is 30.5. The van der Waals surface area contributed by atoms with Gasteiger partial charge in [-0.15, -0.1) is 0 Å². The van der Waals surface area contributed by atoms with Gasteiger partial charge >= 0.3 is 0 Å². The Kier molecular flexibility index (Phi) is 2.84. The molecule has 4 heteroatoms. The SMILES string of the molecule is CC1CCC(Nc2cc(F)ncn2)C1C. The highest BCUT2D eigenvalue weighted by Gasteiger charge is 2.29. The fourth-order valence-corrected chi connectivity index (χ4v) is 2.17. The molecule has 1 aliphatic carbocycles. The van der Waals surface area contributed by atoms with Gasteiger partial charge in [0.25, 0.3) is 0 Å². The van der Waals surface area contributed by atoms with Crippen LogP contribution in [-0.2, 0) is 0 Å².